The summed E-state index contributed by atoms with van der Waals surface area (Å²) in [6.45, 7) is 2.63. The highest BCUT2D eigenvalue weighted by molar-refractivity contribution is 5.66. The molecule has 1 aliphatic rings. The van der Waals surface area contributed by atoms with Crippen LogP contribution >= 0.6 is 0 Å². The summed E-state index contributed by atoms with van der Waals surface area (Å²) in [5, 5.41) is 7.84. The molecule has 1 aliphatic carbocycles. The number of rotatable bonds is 9. The van der Waals surface area contributed by atoms with E-state index in [0.29, 0.717) is 24.0 Å². The molecule has 0 aliphatic heterocycles. The molecule has 1 aromatic carbocycles. The number of benzene rings is 1. The molecule has 3 aromatic heterocycles. The average molecular weight is 539 g/mol. The Bertz CT molecular complexity index is 1410. The number of imidazole rings is 1. The van der Waals surface area contributed by atoms with Gasteiger partial charge in [0.15, 0.2) is 0 Å². The molecule has 0 unspecified atom stereocenters. The summed E-state index contributed by atoms with van der Waals surface area (Å²) in [6, 6.07) is 7.44. The minimum absolute atomic E-state index is 0.0186. The number of hydrogen-bond acceptors (Lipinski definition) is 8. The van der Waals surface area contributed by atoms with Gasteiger partial charge in [0.25, 0.3) is 0 Å². The molecule has 39 heavy (non-hydrogen) atoms. The maximum Gasteiger partial charge on any atom is 0.229 e. The number of nitrogens with zero attached hydrogens (tertiary/aromatic N) is 4. The lowest BCUT2D eigenvalue weighted by Gasteiger charge is -2.38. The van der Waals surface area contributed by atoms with E-state index in [1.54, 1.807) is 37.8 Å². The van der Waals surface area contributed by atoms with Crippen LogP contribution in [0.3, 0.4) is 0 Å². The van der Waals surface area contributed by atoms with Gasteiger partial charge in [-0.2, -0.15) is 9.61 Å². The second kappa shape index (κ2) is 11.6. The van der Waals surface area contributed by atoms with Crippen molar-refractivity contribution in [1.29, 1.82) is 0 Å². The molecular formula is C28H32F2N6O3. The smallest absolute Gasteiger partial charge is 0.229 e. The molecule has 0 radical (unpaired) electrons. The van der Waals surface area contributed by atoms with Gasteiger partial charge in [-0.15, -0.1) is 0 Å². The van der Waals surface area contributed by atoms with E-state index in [-0.39, 0.29) is 41.7 Å². The van der Waals surface area contributed by atoms with E-state index in [2.05, 4.69) is 27.3 Å². The van der Waals surface area contributed by atoms with E-state index < -0.39 is 11.6 Å². The molecule has 0 bridgehead atoms. The fourth-order valence-electron chi connectivity index (χ4n) is 5.43. The number of nitrogens with two attached hydrogens (primary N) is 1. The Hall–Kier alpha value is -3.67. The van der Waals surface area contributed by atoms with E-state index in [0.717, 1.165) is 36.2 Å². The fraction of sp³-hybridized carbons (Fsp3) is 0.393. The Balaban J connectivity index is 1.44. The number of fused-ring (bicyclic) bond motifs is 1. The Labute approximate surface area is 225 Å². The van der Waals surface area contributed by atoms with Crippen molar-refractivity contribution < 1.29 is 23.0 Å². The van der Waals surface area contributed by atoms with Gasteiger partial charge in [0.2, 0.25) is 5.95 Å². The standard InChI is InChI=1S/C28H32F2N6O3/c1-16-10-17(11-23(31)27(16)38-3)20-6-7-32-15-25(20)34-28-33-14-18-4-5-24(35-36(18)28)26-21(29)12-19(13-22(26)30)39-9-8-37-2/h4-7,12-17,23,27H,8-11,31H2,1-3H3,(H,33,34)/t16-,17+,23+,27-/m0/s1. The van der Waals surface area contributed by atoms with Gasteiger partial charge in [-0.25, -0.2) is 13.8 Å². The Kier molecular flexibility index (Phi) is 8.01. The van der Waals surface area contributed by atoms with Crippen LogP contribution in [-0.2, 0) is 9.47 Å². The first-order chi connectivity index (χ1) is 18.9. The number of methoxy groups -OCH3 is 2. The van der Waals surface area contributed by atoms with Crippen molar-refractivity contribution in [1.82, 2.24) is 19.6 Å². The molecule has 0 spiro atoms. The highest BCUT2D eigenvalue weighted by atomic mass is 19.1. The Morgan fingerprint density at radius 1 is 1.08 bits per heavy atom. The summed E-state index contributed by atoms with van der Waals surface area (Å²) in [7, 11) is 3.22. The summed E-state index contributed by atoms with van der Waals surface area (Å²) < 4.78 is 47.4. The van der Waals surface area contributed by atoms with Gasteiger partial charge in [-0.05, 0) is 48.4 Å². The van der Waals surface area contributed by atoms with Gasteiger partial charge < -0.3 is 25.3 Å². The molecule has 4 atom stereocenters. The van der Waals surface area contributed by atoms with Crippen molar-refractivity contribution in [3.05, 3.63) is 66.1 Å². The molecule has 11 heteroatoms. The second-order valence-corrected chi connectivity index (χ2v) is 9.84. The van der Waals surface area contributed by atoms with Crippen LogP contribution in [0, 0.1) is 17.6 Å². The Morgan fingerprint density at radius 2 is 1.87 bits per heavy atom. The van der Waals surface area contributed by atoms with Crippen LogP contribution in [-0.4, -0.2) is 59.2 Å². The summed E-state index contributed by atoms with van der Waals surface area (Å²) in [5.74, 6) is -0.595. The largest absolute Gasteiger partial charge is 0.491 e. The molecular weight excluding hydrogens is 506 g/mol. The lowest BCUT2D eigenvalue weighted by molar-refractivity contribution is 0.00984. The lowest BCUT2D eigenvalue weighted by atomic mass is 9.74. The number of anilines is 2. The van der Waals surface area contributed by atoms with E-state index in [9.17, 15) is 8.78 Å². The SMILES string of the molecule is COCCOc1cc(F)c(-c2ccc3cnc(Nc4cnccc4[C@H]4C[C@@H](N)[C@@H](OC)[C@@H](C)C4)n3n2)c(F)c1. The third-order valence-corrected chi connectivity index (χ3v) is 7.22. The van der Waals surface area contributed by atoms with E-state index in [4.69, 9.17) is 19.9 Å². The van der Waals surface area contributed by atoms with Crippen LogP contribution in [0.25, 0.3) is 16.8 Å². The maximum absolute atomic E-state index is 15.0. The molecule has 4 aromatic rings. The Morgan fingerprint density at radius 3 is 2.59 bits per heavy atom. The summed E-state index contributed by atoms with van der Waals surface area (Å²) in [5.41, 5.74) is 8.80. The van der Waals surface area contributed by atoms with Crippen LogP contribution in [0.5, 0.6) is 5.75 Å². The van der Waals surface area contributed by atoms with Crippen molar-refractivity contribution >= 4 is 17.2 Å². The normalized spacial score (nSPS) is 21.3. The van der Waals surface area contributed by atoms with Crippen molar-refractivity contribution in [3.63, 3.8) is 0 Å². The van der Waals surface area contributed by atoms with Crippen LogP contribution < -0.4 is 15.8 Å². The van der Waals surface area contributed by atoms with E-state index >= 15 is 0 Å². The summed E-state index contributed by atoms with van der Waals surface area (Å²) >= 11 is 0. The van der Waals surface area contributed by atoms with Gasteiger partial charge in [-0.1, -0.05) is 6.92 Å². The summed E-state index contributed by atoms with van der Waals surface area (Å²) in [4.78, 5) is 8.76. The second-order valence-electron chi connectivity index (χ2n) is 9.84. The van der Waals surface area contributed by atoms with Crippen LogP contribution in [0.15, 0.2) is 48.9 Å². The number of halogens is 2. The van der Waals surface area contributed by atoms with Gasteiger partial charge >= 0.3 is 0 Å². The fourth-order valence-corrected chi connectivity index (χ4v) is 5.43. The maximum atomic E-state index is 15.0. The molecule has 9 nitrogen and oxygen atoms in total. The quantitative estimate of drug-likeness (QED) is 0.296. The molecule has 3 heterocycles. The molecule has 5 rings (SSSR count). The topological polar surface area (TPSA) is 109 Å². The predicted octanol–water partition coefficient (Wildman–Crippen LogP) is 4.69. The number of pyridine rings is 1. The zero-order valence-electron chi connectivity index (χ0n) is 22.1. The minimum atomic E-state index is -0.782. The van der Waals surface area contributed by atoms with Crippen LogP contribution in [0.1, 0.15) is 31.2 Å². The molecule has 3 N–H and O–H groups in total. The third-order valence-electron chi connectivity index (χ3n) is 7.22. The lowest BCUT2D eigenvalue weighted by Crippen LogP contribution is -2.45. The first-order valence-corrected chi connectivity index (χ1v) is 12.8. The van der Waals surface area contributed by atoms with Crippen molar-refractivity contribution in [3.8, 4) is 17.0 Å². The zero-order chi connectivity index (χ0) is 27.5. The number of aromatic nitrogens is 4. The van der Waals surface area contributed by atoms with Crippen LogP contribution in [0.2, 0.25) is 0 Å². The minimum Gasteiger partial charge on any atom is -0.491 e. The van der Waals surface area contributed by atoms with Crippen molar-refractivity contribution in [2.24, 2.45) is 11.7 Å². The van der Waals surface area contributed by atoms with Crippen molar-refractivity contribution in [2.75, 3.05) is 32.8 Å². The van der Waals surface area contributed by atoms with E-state index in [1.165, 1.54) is 11.6 Å². The highest BCUT2D eigenvalue weighted by Crippen LogP contribution is 2.40. The third kappa shape index (κ3) is 5.56. The van der Waals surface area contributed by atoms with Crippen molar-refractivity contribution in [2.45, 2.75) is 37.8 Å². The summed E-state index contributed by atoms with van der Waals surface area (Å²) in [6.07, 6.45) is 6.84. The number of hydrogen-bond donors (Lipinski definition) is 2. The molecule has 1 fully saturated rings. The first kappa shape index (κ1) is 26.9. The molecule has 206 valence electrons. The monoisotopic (exact) mass is 538 g/mol. The first-order valence-electron chi connectivity index (χ1n) is 12.8. The number of nitrogens with one attached hydrogen (secondary N) is 1. The number of ether oxygens (including phenoxy) is 3. The molecule has 1 saturated carbocycles. The zero-order valence-corrected chi connectivity index (χ0v) is 22.1. The molecule has 0 amide bonds. The van der Waals surface area contributed by atoms with Gasteiger partial charge in [0, 0.05) is 38.6 Å². The average Bonchev–Trinajstić information content (AvgIpc) is 3.30. The van der Waals surface area contributed by atoms with Gasteiger partial charge in [0.1, 0.15) is 24.0 Å². The van der Waals surface area contributed by atoms with E-state index in [1.807, 2.05) is 6.07 Å². The van der Waals surface area contributed by atoms with Crippen LogP contribution in [0.4, 0.5) is 20.4 Å². The predicted molar refractivity (Wildman–Crippen MR) is 143 cm³/mol. The van der Waals surface area contributed by atoms with Gasteiger partial charge in [-0.3, -0.25) is 4.98 Å². The van der Waals surface area contributed by atoms with Gasteiger partial charge in [0.05, 0.1) is 47.6 Å². The highest BCUT2D eigenvalue weighted by Gasteiger charge is 2.35. The molecule has 0 saturated heterocycles.